The first-order valence-corrected chi connectivity index (χ1v) is 2.80. The topological polar surface area (TPSA) is 18.8 Å². The molecule has 3 nitrogen and oxygen atoms in total. The van der Waals surface area contributed by atoms with Gasteiger partial charge in [0.15, 0.2) is 0 Å². The van der Waals surface area contributed by atoms with Crippen LogP contribution < -0.4 is 0 Å². The van der Waals surface area contributed by atoms with Gasteiger partial charge in [-0.15, -0.1) is 0 Å². The largest absolute Gasteiger partial charge is 0.260 e. The lowest BCUT2D eigenvalue weighted by atomic mass is 10.8. The molecular weight excluding hydrogens is 149 g/mol. The van der Waals surface area contributed by atoms with Gasteiger partial charge in [-0.2, -0.15) is 4.42 Å². The number of rotatable bonds is 0. The van der Waals surface area contributed by atoms with Crippen LogP contribution in [-0.2, 0) is 0 Å². The smallest absolute Gasteiger partial charge is 0.109 e. The molecule has 1 rings (SSSR count). The molecule has 0 aliphatic carbocycles. The Balaban J connectivity index is 2.42. The predicted octanol–water partition coefficient (Wildman–Crippen LogP) is 0.855. The van der Waals surface area contributed by atoms with Gasteiger partial charge < -0.3 is 0 Å². The molecule has 0 saturated heterocycles. The van der Waals surface area contributed by atoms with Gasteiger partial charge in [0.25, 0.3) is 0 Å². The minimum atomic E-state index is 0.519. The highest BCUT2D eigenvalue weighted by Crippen LogP contribution is 2.03. The summed E-state index contributed by atoms with van der Waals surface area (Å²) in [7, 11) is 0. The van der Waals surface area contributed by atoms with E-state index in [2.05, 4.69) is 4.99 Å². The summed E-state index contributed by atoms with van der Waals surface area (Å²) >= 11 is 11.0. The van der Waals surface area contributed by atoms with Crippen molar-refractivity contribution >= 4 is 29.9 Å². The van der Waals surface area contributed by atoms with Crippen LogP contribution in [-0.4, -0.2) is 28.5 Å². The molecule has 0 bridgehead atoms. The van der Waals surface area contributed by atoms with E-state index in [0.717, 1.165) is 0 Å². The number of hydrogen-bond donors (Lipinski definition) is 0. The van der Waals surface area contributed by atoms with E-state index >= 15 is 0 Å². The first-order valence-electron chi connectivity index (χ1n) is 2.12. The summed E-state index contributed by atoms with van der Waals surface area (Å²) in [6, 6.07) is 0. The molecule has 0 atom stereocenters. The minimum Gasteiger partial charge on any atom is -0.260 e. The zero-order valence-electron chi connectivity index (χ0n) is 4.09. The van der Waals surface area contributed by atoms with Crippen molar-refractivity contribution in [2.24, 2.45) is 4.99 Å². The van der Waals surface area contributed by atoms with Crippen molar-refractivity contribution < 1.29 is 0 Å². The maximum Gasteiger partial charge on any atom is 0.109 e. The van der Waals surface area contributed by atoms with E-state index in [1.807, 2.05) is 0 Å². The van der Waals surface area contributed by atoms with E-state index in [1.165, 1.54) is 8.84 Å². The molecule has 1 aliphatic heterocycles. The Morgan fingerprint density at radius 1 is 1.50 bits per heavy atom. The van der Waals surface area contributed by atoms with Crippen LogP contribution in [0.1, 0.15) is 0 Å². The molecule has 0 spiro atoms. The van der Waals surface area contributed by atoms with Crippen LogP contribution in [0.5, 0.6) is 0 Å². The third kappa shape index (κ3) is 1.51. The molecule has 1 heterocycles. The highest BCUT2D eigenvalue weighted by atomic mass is 35.5. The zero-order valence-corrected chi connectivity index (χ0v) is 5.60. The van der Waals surface area contributed by atoms with E-state index in [-0.39, 0.29) is 0 Å². The number of halogens is 2. The fourth-order valence-electron chi connectivity index (χ4n) is 0.442. The second kappa shape index (κ2) is 2.53. The molecule has 0 aromatic heterocycles. The van der Waals surface area contributed by atoms with Gasteiger partial charge in [-0.25, -0.2) is 0 Å². The Bertz CT molecular complexity index is 105. The van der Waals surface area contributed by atoms with Gasteiger partial charge in [-0.1, -0.05) is 0 Å². The molecule has 5 heteroatoms. The van der Waals surface area contributed by atoms with Crippen LogP contribution in [0.2, 0.25) is 0 Å². The first kappa shape index (κ1) is 6.13. The van der Waals surface area contributed by atoms with E-state index in [1.54, 1.807) is 6.34 Å². The Morgan fingerprint density at radius 2 is 2.25 bits per heavy atom. The SMILES string of the molecule is ClN1C=NCN(Cl)C1. The molecule has 0 radical (unpaired) electrons. The van der Waals surface area contributed by atoms with Crippen molar-refractivity contribution in [1.29, 1.82) is 0 Å². The van der Waals surface area contributed by atoms with Crippen molar-refractivity contribution in [3.63, 3.8) is 0 Å². The van der Waals surface area contributed by atoms with Gasteiger partial charge in [0.2, 0.25) is 0 Å². The third-order valence-electron chi connectivity index (χ3n) is 0.731. The molecule has 0 fully saturated rings. The summed E-state index contributed by atoms with van der Waals surface area (Å²) in [6.07, 6.45) is 1.54. The highest BCUT2D eigenvalue weighted by molar-refractivity contribution is 6.19. The highest BCUT2D eigenvalue weighted by Gasteiger charge is 2.06. The predicted molar refractivity (Wildman–Crippen MR) is 33.6 cm³/mol. The van der Waals surface area contributed by atoms with Gasteiger partial charge in [-0.05, 0) is 11.8 Å². The van der Waals surface area contributed by atoms with E-state index in [4.69, 9.17) is 23.6 Å². The molecule has 0 N–H and O–H groups in total. The molecule has 0 unspecified atom stereocenters. The molecule has 8 heavy (non-hydrogen) atoms. The van der Waals surface area contributed by atoms with Gasteiger partial charge in [-0.3, -0.25) is 9.41 Å². The quantitative estimate of drug-likeness (QED) is 0.481. The molecule has 0 saturated carbocycles. The van der Waals surface area contributed by atoms with E-state index < -0.39 is 0 Å². The lowest BCUT2D eigenvalue weighted by Gasteiger charge is -2.19. The zero-order chi connectivity index (χ0) is 5.98. The first-order chi connectivity index (χ1) is 3.79. The normalized spacial score (nSPS) is 22.0. The Hall–Kier alpha value is 0.01000. The second-order valence-corrected chi connectivity index (χ2v) is 2.36. The monoisotopic (exact) mass is 153 g/mol. The van der Waals surface area contributed by atoms with Crippen LogP contribution >= 0.6 is 23.6 Å². The second-order valence-electron chi connectivity index (χ2n) is 1.44. The van der Waals surface area contributed by atoms with Crippen LogP contribution in [0.3, 0.4) is 0 Å². The van der Waals surface area contributed by atoms with E-state index in [0.29, 0.717) is 13.3 Å². The van der Waals surface area contributed by atoms with Crippen LogP contribution in [0.15, 0.2) is 4.99 Å². The summed E-state index contributed by atoms with van der Waals surface area (Å²) in [6.45, 7) is 1.04. The summed E-state index contributed by atoms with van der Waals surface area (Å²) in [5, 5.41) is 0. The molecular formula is C3H5Cl2N3. The molecule has 46 valence electrons. The van der Waals surface area contributed by atoms with Crippen molar-refractivity contribution in [2.75, 3.05) is 13.3 Å². The Labute approximate surface area is 57.7 Å². The lowest BCUT2D eigenvalue weighted by Crippen LogP contribution is -2.29. The lowest BCUT2D eigenvalue weighted by molar-refractivity contribution is 0.370. The molecule has 0 aromatic carbocycles. The molecule has 0 amide bonds. The Morgan fingerprint density at radius 3 is 2.62 bits per heavy atom. The van der Waals surface area contributed by atoms with Crippen molar-refractivity contribution in [3.05, 3.63) is 0 Å². The van der Waals surface area contributed by atoms with Crippen LogP contribution in [0.4, 0.5) is 0 Å². The van der Waals surface area contributed by atoms with Gasteiger partial charge in [0.05, 0.1) is 0 Å². The summed E-state index contributed by atoms with van der Waals surface area (Å²) in [5.41, 5.74) is 0. The molecule has 0 aromatic rings. The van der Waals surface area contributed by atoms with Crippen molar-refractivity contribution in [3.8, 4) is 0 Å². The van der Waals surface area contributed by atoms with Gasteiger partial charge >= 0.3 is 0 Å². The van der Waals surface area contributed by atoms with Gasteiger partial charge in [0.1, 0.15) is 19.7 Å². The van der Waals surface area contributed by atoms with E-state index in [9.17, 15) is 0 Å². The van der Waals surface area contributed by atoms with Crippen molar-refractivity contribution in [2.45, 2.75) is 0 Å². The Kier molecular flexibility index (Phi) is 1.94. The standard InChI is InChI=1S/C3H5Cl2N3/c4-7-1-6-2-8(5)3-7/h1H,2-3H2. The number of aliphatic imine (C=N–C) groups is 1. The number of hydrogen-bond acceptors (Lipinski definition) is 3. The maximum absolute atomic E-state index is 5.50. The number of nitrogens with zero attached hydrogens (tertiary/aromatic N) is 3. The third-order valence-corrected chi connectivity index (χ3v) is 1.14. The summed E-state index contributed by atoms with van der Waals surface area (Å²) in [5.74, 6) is 0. The summed E-state index contributed by atoms with van der Waals surface area (Å²) < 4.78 is 2.86. The summed E-state index contributed by atoms with van der Waals surface area (Å²) in [4.78, 5) is 3.80. The van der Waals surface area contributed by atoms with Crippen LogP contribution in [0, 0.1) is 0 Å². The minimum absolute atomic E-state index is 0.519. The average Bonchev–Trinajstić information content (AvgIpc) is 1.64. The van der Waals surface area contributed by atoms with Crippen LogP contribution in [0.25, 0.3) is 0 Å². The molecule has 1 aliphatic rings. The fourth-order valence-corrected chi connectivity index (χ4v) is 0.864. The van der Waals surface area contributed by atoms with Gasteiger partial charge in [0, 0.05) is 11.8 Å². The fraction of sp³-hybridized carbons (Fsp3) is 0.667. The maximum atomic E-state index is 5.50. The van der Waals surface area contributed by atoms with Crippen molar-refractivity contribution in [1.82, 2.24) is 8.84 Å². The average molecular weight is 154 g/mol.